The first-order valence-corrected chi connectivity index (χ1v) is 11.2. The standard InChI is InChI=1S/C25H16BrClFNO5/c1-2-32-21-13-14(11-19(26)22(21)33-24(30)16-3-7-17(27)8-4-16)12-20-25(31)34-23(29-20)15-5-9-18(28)10-6-15/h3-13H,2H2,1H3/b20-12-. The second-order valence-corrected chi connectivity index (χ2v) is 8.29. The maximum atomic E-state index is 13.2. The molecule has 4 rings (SSSR count). The van der Waals surface area contributed by atoms with Gasteiger partial charge in [-0.3, -0.25) is 0 Å². The summed E-state index contributed by atoms with van der Waals surface area (Å²) in [7, 11) is 0. The summed E-state index contributed by atoms with van der Waals surface area (Å²) >= 11 is 9.28. The molecule has 0 bridgehead atoms. The molecule has 0 unspecified atom stereocenters. The van der Waals surface area contributed by atoms with Crippen LogP contribution >= 0.6 is 27.5 Å². The summed E-state index contributed by atoms with van der Waals surface area (Å²) in [4.78, 5) is 29.1. The highest BCUT2D eigenvalue weighted by Gasteiger charge is 2.25. The Morgan fingerprint density at radius 2 is 1.85 bits per heavy atom. The minimum absolute atomic E-state index is 0.0552. The molecule has 0 fully saturated rings. The van der Waals surface area contributed by atoms with E-state index in [1.54, 1.807) is 43.3 Å². The number of carbonyl (C=O) groups excluding carboxylic acids is 2. The van der Waals surface area contributed by atoms with Crippen molar-refractivity contribution in [3.05, 3.63) is 98.4 Å². The predicted octanol–water partition coefficient (Wildman–Crippen LogP) is 6.20. The van der Waals surface area contributed by atoms with Crippen LogP contribution in [0.3, 0.4) is 0 Å². The fraction of sp³-hybridized carbons (Fsp3) is 0.0800. The molecule has 0 saturated carbocycles. The van der Waals surface area contributed by atoms with Gasteiger partial charge < -0.3 is 14.2 Å². The minimum Gasteiger partial charge on any atom is -0.490 e. The van der Waals surface area contributed by atoms with Crippen LogP contribution in [0.2, 0.25) is 5.02 Å². The Morgan fingerprint density at radius 3 is 2.53 bits per heavy atom. The van der Waals surface area contributed by atoms with Crippen LogP contribution in [0, 0.1) is 5.82 Å². The van der Waals surface area contributed by atoms with E-state index in [1.165, 1.54) is 30.3 Å². The van der Waals surface area contributed by atoms with Crippen molar-refractivity contribution in [2.45, 2.75) is 6.92 Å². The SMILES string of the molecule is CCOc1cc(/C=C2\N=C(c3ccc(F)cc3)OC2=O)cc(Br)c1OC(=O)c1ccc(Cl)cc1. The topological polar surface area (TPSA) is 74.2 Å². The van der Waals surface area contributed by atoms with E-state index in [-0.39, 0.29) is 17.3 Å². The van der Waals surface area contributed by atoms with E-state index in [1.807, 2.05) is 0 Å². The van der Waals surface area contributed by atoms with Gasteiger partial charge in [-0.25, -0.2) is 19.0 Å². The smallest absolute Gasteiger partial charge is 0.363 e. The lowest BCUT2D eigenvalue weighted by molar-refractivity contribution is -0.129. The van der Waals surface area contributed by atoms with Gasteiger partial charge in [0.2, 0.25) is 5.90 Å². The van der Waals surface area contributed by atoms with Crippen LogP contribution in [0.1, 0.15) is 28.4 Å². The first kappa shape index (κ1) is 23.7. The van der Waals surface area contributed by atoms with Crippen LogP contribution in [0.15, 0.2) is 75.8 Å². The van der Waals surface area contributed by atoms with E-state index in [0.717, 1.165) is 0 Å². The van der Waals surface area contributed by atoms with Crippen molar-refractivity contribution in [3.8, 4) is 11.5 Å². The fourth-order valence-electron chi connectivity index (χ4n) is 3.05. The monoisotopic (exact) mass is 543 g/mol. The normalized spacial score (nSPS) is 14.1. The molecular formula is C25H16BrClFNO5. The third-order valence-corrected chi connectivity index (χ3v) is 5.46. The predicted molar refractivity (Wildman–Crippen MR) is 129 cm³/mol. The molecule has 0 radical (unpaired) electrons. The average Bonchev–Trinajstić information content (AvgIpc) is 3.17. The molecule has 1 heterocycles. The lowest BCUT2D eigenvalue weighted by atomic mass is 10.1. The second-order valence-electron chi connectivity index (χ2n) is 7.00. The Labute approximate surface area is 207 Å². The fourth-order valence-corrected chi connectivity index (χ4v) is 3.72. The number of benzene rings is 3. The molecule has 0 amide bonds. The summed E-state index contributed by atoms with van der Waals surface area (Å²) < 4.78 is 30.0. The van der Waals surface area contributed by atoms with Crippen molar-refractivity contribution in [2.75, 3.05) is 6.61 Å². The molecule has 0 atom stereocenters. The zero-order valence-electron chi connectivity index (χ0n) is 17.7. The quantitative estimate of drug-likeness (QED) is 0.210. The van der Waals surface area contributed by atoms with E-state index in [0.29, 0.717) is 38.5 Å². The molecule has 3 aromatic carbocycles. The molecule has 172 valence electrons. The van der Waals surface area contributed by atoms with Gasteiger partial charge >= 0.3 is 11.9 Å². The molecular weight excluding hydrogens is 529 g/mol. The third kappa shape index (κ3) is 5.35. The lowest BCUT2D eigenvalue weighted by Gasteiger charge is -2.13. The highest BCUT2D eigenvalue weighted by Crippen LogP contribution is 2.38. The van der Waals surface area contributed by atoms with Crippen molar-refractivity contribution in [1.29, 1.82) is 0 Å². The zero-order valence-corrected chi connectivity index (χ0v) is 20.0. The van der Waals surface area contributed by atoms with Crippen LogP contribution in [0.25, 0.3) is 6.08 Å². The van der Waals surface area contributed by atoms with Crippen molar-refractivity contribution < 1.29 is 28.2 Å². The van der Waals surface area contributed by atoms with Gasteiger partial charge in [0.05, 0.1) is 16.6 Å². The average molecular weight is 545 g/mol. The van der Waals surface area contributed by atoms with Crippen LogP contribution in [0.4, 0.5) is 4.39 Å². The van der Waals surface area contributed by atoms with Crippen molar-refractivity contribution in [1.82, 2.24) is 0 Å². The molecule has 1 aliphatic heterocycles. The summed E-state index contributed by atoms with van der Waals surface area (Å²) in [5, 5.41) is 0.501. The van der Waals surface area contributed by atoms with Gasteiger partial charge in [0.1, 0.15) is 5.82 Å². The maximum absolute atomic E-state index is 13.2. The molecule has 9 heteroatoms. The largest absolute Gasteiger partial charge is 0.490 e. The first-order valence-electron chi connectivity index (χ1n) is 10.1. The van der Waals surface area contributed by atoms with Gasteiger partial charge in [-0.1, -0.05) is 11.6 Å². The molecule has 0 aliphatic carbocycles. The summed E-state index contributed by atoms with van der Waals surface area (Å²) in [6, 6.07) is 15.0. The van der Waals surface area contributed by atoms with Gasteiger partial charge in [-0.15, -0.1) is 0 Å². The third-order valence-electron chi connectivity index (χ3n) is 4.62. The van der Waals surface area contributed by atoms with Gasteiger partial charge in [0.15, 0.2) is 17.2 Å². The lowest BCUT2D eigenvalue weighted by Crippen LogP contribution is -2.10. The summed E-state index contributed by atoms with van der Waals surface area (Å²) in [6.45, 7) is 2.10. The Balaban J connectivity index is 1.63. The second kappa shape index (κ2) is 10.2. The van der Waals surface area contributed by atoms with Gasteiger partial charge in [0, 0.05) is 10.6 Å². The Hall–Kier alpha value is -3.49. The van der Waals surface area contributed by atoms with Crippen LogP contribution < -0.4 is 9.47 Å². The molecule has 0 N–H and O–H groups in total. The Kier molecular flexibility index (Phi) is 7.09. The molecule has 0 saturated heterocycles. The maximum Gasteiger partial charge on any atom is 0.363 e. The number of hydrogen-bond donors (Lipinski definition) is 0. The van der Waals surface area contributed by atoms with Gasteiger partial charge in [-0.05, 0) is 95.2 Å². The van der Waals surface area contributed by atoms with Crippen LogP contribution in [-0.2, 0) is 9.53 Å². The van der Waals surface area contributed by atoms with Crippen molar-refractivity contribution in [2.24, 2.45) is 4.99 Å². The first-order chi connectivity index (χ1) is 16.3. The number of halogens is 3. The molecule has 34 heavy (non-hydrogen) atoms. The summed E-state index contributed by atoms with van der Waals surface area (Å²) in [6.07, 6.45) is 1.51. The number of ether oxygens (including phenoxy) is 3. The number of carbonyl (C=O) groups is 2. The number of hydrogen-bond acceptors (Lipinski definition) is 6. The number of cyclic esters (lactones) is 1. The van der Waals surface area contributed by atoms with E-state index < -0.39 is 17.8 Å². The highest BCUT2D eigenvalue weighted by molar-refractivity contribution is 9.10. The van der Waals surface area contributed by atoms with Gasteiger partial charge in [-0.2, -0.15) is 0 Å². The van der Waals surface area contributed by atoms with Crippen molar-refractivity contribution in [3.63, 3.8) is 0 Å². The number of nitrogens with zero attached hydrogens (tertiary/aromatic N) is 1. The minimum atomic E-state index is -0.647. The van der Waals surface area contributed by atoms with E-state index in [4.69, 9.17) is 25.8 Å². The molecule has 1 aliphatic rings. The van der Waals surface area contributed by atoms with E-state index in [9.17, 15) is 14.0 Å². The summed E-state index contributed by atoms with van der Waals surface area (Å²) in [5.41, 5.74) is 1.40. The van der Waals surface area contributed by atoms with E-state index in [2.05, 4.69) is 20.9 Å². The molecule has 6 nitrogen and oxygen atoms in total. The molecule has 0 spiro atoms. The van der Waals surface area contributed by atoms with Crippen molar-refractivity contribution >= 4 is 51.4 Å². The number of aliphatic imine (C=N–C) groups is 1. The van der Waals surface area contributed by atoms with E-state index >= 15 is 0 Å². The van der Waals surface area contributed by atoms with Crippen LogP contribution in [0.5, 0.6) is 11.5 Å². The Bertz CT molecular complexity index is 1320. The molecule has 0 aromatic heterocycles. The number of esters is 2. The Morgan fingerprint density at radius 1 is 1.15 bits per heavy atom. The number of rotatable bonds is 6. The summed E-state index contributed by atoms with van der Waals surface area (Å²) in [5.74, 6) is -1.08. The van der Waals surface area contributed by atoms with Gasteiger partial charge in [0.25, 0.3) is 0 Å². The van der Waals surface area contributed by atoms with Crippen LogP contribution in [-0.4, -0.2) is 24.4 Å². The zero-order chi connectivity index (χ0) is 24.2. The molecule has 3 aromatic rings. The highest BCUT2D eigenvalue weighted by atomic mass is 79.9.